The van der Waals surface area contributed by atoms with Crippen LogP contribution in [0, 0.1) is 46.8 Å². The minimum Gasteiger partial charge on any atom is -0.459 e. The maximum absolute atomic E-state index is 13.2. The maximum Gasteiger partial charge on any atom is 0.309 e. The highest BCUT2D eigenvalue weighted by atomic mass is 16.6. The minimum absolute atomic E-state index is 0.00196. The van der Waals surface area contributed by atoms with Crippen molar-refractivity contribution >= 4 is 11.8 Å². The number of cyclic esters (lactones) is 1. The van der Waals surface area contributed by atoms with Crippen molar-refractivity contribution in [2.45, 2.75) is 95.1 Å². The van der Waals surface area contributed by atoms with Gasteiger partial charge in [-0.05, 0) is 75.4 Å². The Bertz CT molecular complexity index is 976. The Labute approximate surface area is 205 Å². The summed E-state index contributed by atoms with van der Waals surface area (Å²) in [4.78, 5) is 25.3. The number of aliphatic hydroxyl groups excluding tert-OH is 3. The third-order valence-electron chi connectivity index (χ3n) is 11.5. The first-order chi connectivity index (χ1) is 16.4. The molecule has 0 radical (unpaired) electrons. The van der Waals surface area contributed by atoms with Gasteiger partial charge in [-0.15, -0.1) is 0 Å². The number of esters is 1. The van der Waals surface area contributed by atoms with E-state index in [1.807, 2.05) is 13.8 Å². The Balaban J connectivity index is 1.28. The number of ketones is 1. The van der Waals surface area contributed by atoms with E-state index in [-0.39, 0.29) is 53.4 Å². The van der Waals surface area contributed by atoms with Crippen LogP contribution < -0.4 is 0 Å². The molecule has 194 valence electrons. The first-order valence-corrected chi connectivity index (χ1v) is 13.2. The summed E-state index contributed by atoms with van der Waals surface area (Å²) in [6.07, 6.45) is 1.75. The molecule has 8 heteroatoms. The van der Waals surface area contributed by atoms with E-state index < -0.39 is 47.0 Å². The molecule has 3 saturated carbocycles. The van der Waals surface area contributed by atoms with Gasteiger partial charge in [0, 0.05) is 11.8 Å². The van der Waals surface area contributed by atoms with Crippen molar-refractivity contribution in [3.05, 3.63) is 12.2 Å². The zero-order valence-electron chi connectivity index (χ0n) is 20.8. The van der Waals surface area contributed by atoms with E-state index in [9.17, 15) is 30.0 Å². The molecule has 2 heterocycles. The number of rotatable bonds is 3. The van der Waals surface area contributed by atoms with Crippen molar-refractivity contribution in [3.8, 4) is 0 Å². The summed E-state index contributed by atoms with van der Waals surface area (Å²) in [5, 5.41) is 45.0. The van der Waals surface area contributed by atoms with Crippen LogP contribution in [0.1, 0.15) is 53.4 Å². The van der Waals surface area contributed by atoms with E-state index in [0.29, 0.717) is 12.8 Å². The predicted octanol–water partition coefficient (Wildman–Crippen LogP) is 0.983. The van der Waals surface area contributed by atoms with Crippen LogP contribution in [0.25, 0.3) is 0 Å². The summed E-state index contributed by atoms with van der Waals surface area (Å²) in [6.45, 7) is 7.11. The van der Waals surface area contributed by atoms with E-state index in [1.165, 1.54) is 6.08 Å². The monoisotopic (exact) mass is 490 g/mol. The second kappa shape index (κ2) is 7.38. The molecule has 0 bridgehead atoms. The van der Waals surface area contributed by atoms with Crippen LogP contribution in [0.5, 0.6) is 0 Å². The van der Waals surface area contributed by atoms with Crippen LogP contribution in [0.3, 0.4) is 0 Å². The Morgan fingerprint density at radius 2 is 1.83 bits per heavy atom. The average Bonchev–Trinajstić information content (AvgIpc) is 3.37. The van der Waals surface area contributed by atoms with Gasteiger partial charge < -0.3 is 29.9 Å². The fourth-order valence-electron chi connectivity index (χ4n) is 9.39. The maximum atomic E-state index is 13.2. The van der Waals surface area contributed by atoms with Crippen molar-refractivity contribution in [3.63, 3.8) is 0 Å². The number of aliphatic hydroxyl groups is 4. The van der Waals surface area contributed by atoms with Gasteiger partial charge in [-0.2, -0.15) is 0 Å². The normalized spacial score (nSPS) is 56.9. The third kappa shape index (κ3) is 2.81. The zero-order valence-corrected chi connectivity index (χ0v) is 20.8. The molecule has 0 unspecified atom stereocenters. The molecule has 2 saturated heterocycles. The molecule has 0 aromatic carbocycles. The zero-order chi connectivity index (χ0) is 25.2. The first kappa shape index (κ1) is 24.0. The highest BCUT2D eigenvalue weighted by molar-refractivity contribution is 5.98. The van der Waals surface area contributed by atoms with Gasteiger partial charge in [0.1, 0.15) is 23.9 Å². The molecule has 15 atom stereocenters. The molecule has 2 aliphatic heterocycles. The Kier molecular flexibility index (Phi) is 5.07. The Hall–Kier alpha value is -1.32. The molecule has 6 aliphatic rings. The van der Waals surface area contributed by atoms with E-state index >= 15 is 0 Å². The number of fused-ring (bicyclic) bond motifs is 4. The molecule has 0 aromatic heterocycles. The fraction of sp³-hybridized carbons (Fsp3) is 0.852. The van der Waals surface area contributed by atoms with Gasteiger partial charge >= 0.3 is 5.97 Å². The second-order valence-electron chi connectivity index (χ2n) is 12.7. The molecule has 4 aliphatic carbocycles. The molecule has 8 nitrogen and oxygen atoms in total. The van der Waals surface area contributed by atoms with Crippen LogP contribution in [-0.2, 0) is 19.1 Å². The minimum atomic E-state index is -1.65. The van der Waals surface area contributed by atoms with E-state index in [4.69, 9.17) is 9.47 Å². The number of allylic oxidation sites excluding steroid dienone is 1. The highest BCUT2D eigenvalue weighted by Gasteiger charge is 2.80. The molecule has 5 fully saturated rings. The summed E-state index contributed by atoms with van der Waals surface area (Å²) in [6, 6.07) is 0. The lowest BCUT2D eigenvalue weighted by molar-refractivity contribution is -0.185. The molecule has 6 rings (SSSR count). The molecule has 35 heavy (non-hydrogen) atoms. The highest BCUT2D eigenvalue weighted by Crippen LogP contribution is 2.71. The largest absolute Gasteiger partial charge is 0.459 e. The summed E-state index contributed by atoms with van der Waals surface area (Å²) in [5.41, 5.74) is -3.30. The SMILES string of the molecule is C[C@H]1[C@H]([C@@H](O)[C@](C)(O)[C@@H]2[C@H]3CC[C@H]4[C@H](C[C@H]5O[C@]56[C@@H](O)C=CC(=O)[C@]46C)[C@@H]3C[C@@H]2O)OC(=O)[C@@H]1C. The van der Waals surface area contributed by atoms with Crippen molar-refractivity contribution in [1.29, 1.82) is 0 Å². The van der Waals surface area contributed by atoms with Gasteiger partial charge in [0.15, 0.2) is 5.78 Å². The molecular formula is C27H38O8. The Morgan fingerprint density at radius 1 is 1.11 bits per heavy atom. The van der Waals surface area contributed by atoms with Gasteiger partial charge in [0.25, 0.3) is 0 Å². The van der Waals surface area contributed by atoms with Gasteiger partial charge in [-0.3, -0.25) is 9.59 Å². The lowest BCUT2D eigenvalue weighted by Crippen LogP contribution is -2.63. The number of epoxide rings is 1. The molecular weight excluding hydrogens is 452 g/mol. The summed E-state index contributed by atoms with van der Waals surface area (Å²) in [5.74, 6) is -1.37. The number of carbonyl (C=O) groups excluding carboxylic acids is 2. The van der Waals surface area contributed by atoms with Crippen LogP contribution in [-0.4, -0.2) is 73.9 Å². The van der Waals surface area contributed by atoms with Crippen molar-refractivity contribution < 1.29 is 39.5 Å². The Morgan fingerprint density at radius 3 is 2.49 bits per heavy atom. The number of hydrogen-bond donors (Lipinski definition) is 4. The molecule has 0 amide bonds. The van der Waals surface area contributed by atoms with Crippen LogP contribution in [0.15, 0.2) is 12.2 Å². The van der Waals surface area contributed by atoms with Gasteiger partial charge in [0.05, 0.1) is 29.1 Å². The lowest BCUT2D eigenvalue weighted by atomic mass is 9.46. The van der Waals surface area contributed by atoms with Crippen LogP contribution >= 0.6 is 0 Å². The first-order valence-electron chi connectivity index (χ1n) is 13.2. The number of ether oxygens (including phenoxy) is 2. The quantitative estimate of drug-likeness (QED) is 0.340. The topological polar surface area (TPSA) is 137 Å². The van der Waals surface area contributed by atoms with E-state index in [0.717, 1.165) is 12.8 Å². The third-order valence-corrected chi connectivity index (χ3v) is 11.5. The van der Waals surface area contributed by atoms with Gasteiger partial charge in [0.2, 0.25) is 0 Å². The molecule has 1 spiro atoms. The van der Waals surface area contributed by atoms with Crippen molar-refractivity contribution in [2.24, 2.45) is 46.8 Å². The predicted molar refractivity (Wildman–Crippen MR) is 123 cm³/mol. The summed E-state index contributed by atoms with van der Waals surface area (Å²) >= 11 is 0. The van der Waals surface area contributed by atoms with E-state index in [2.05, 4.69) is 0 Å². The summed E-state index contributed by atoms with van der Waals surface area (Å²) in [7, 11) is 0. The smallest absolute Gasteiger partial charge is 0.309 e. The molecule has 4 N–H and O–H groups in total. The van der Waals surface area contributed by atoms with Gasteiger partial charge in [-0.1, -0.05) is 13.8 Å². The van der Waals surface area contributed by atoms with Crippen LogP contribution in [0.2, 0.25) is 0 Å². The second-order valence-corrected chi connectivity index (χ2v) is 12.7. The lowest BCUT2D eigenvalue weighted by Gasteiger charge is -2.55. The van der Waals surface area contributed by atoms with E-state index in [1.54, 1.807) is 19.9 Å². The summed E-state index contributed by atoms with van der Waals surface area (Å²) < 4.78 is 11.6. The standard InChI is InChI=1S/C27H38O8/c1-11-12(2)24(32)34-22(11)23(31)26(4,33)21-13-5-6-16-15(14(13)9-17(21)28)10-20-27(35-20)19(30)8-7-18(29)25(16,27)3/h7-8,11-17,19-23,28,30-31,33H,5-6,9-10H2,1-4H3/t11-,12-,13+,14-,15-,16+,17+,19+,20-,21-,22-,23-,25+,26-,27-/m1/s1. The molecule has 0 aromatic rings. The average molecular weight is 491 g/mol. The fourth-order valence-corrected chi connectivity index (χ4v) is 9.39. The number of carbonyl (C=O) groups is 2. The van der Waals surface area contributed by atoms with Crippen LogP contribution in [0.4, 0.5) is 0 Å². The van der Waals surface area contributed by atoms with Crippen molar-refractivity contribution in [2.75, 3.05) is 0 Å². The van der Waals surface area contributed by atoms with Crippen molar-refractivity contribution in [1.82, 2.24) is 0 Å². The van der Waals surface area contributed by atoms with Gasteiger partial charge in [-0.25, -0.2) is 0 Å². The number of hydrogen-bond acceptors (Lipinski definition) is 8.